The molecule has 7 nitrogen and oxygen atoms in total. The van der Waals surface area contributed by atoms with E-state index in [0.717, 1.165) is 7.11 Å². The largest absolute Gasteiger partial charge is 0.480 e. The minimum absolute atomic E-state index is 0.214. The molecule has 0 rings (SSSR count). The number of carboxylic acids is 1. The topological polar surface area (TPSA) is 105 Å². The number of esters is 1. The van der Waals surface area contributed by atoms with Gasteiger partial charge in [-0.3, -0.25) is 9.59 Å². The number of hydrogen-bond donors (Lipinski definition) is 3. The number of rotatable bonds is 8. The van der Waals surface area contributed by atoms with Gasteiger partial charge in [-0.1, -0.05) is 0 Å². The molecule has 1 amide bonds. The van der Waals surface area contributed by atoms with Crippen LogP contribution in [0.15, 0.2) is 0 Å². The van der Waals surface area contributed by atoms with Gasteiger partial charge in [-0.2, -0.15) is 0 Å². The molecule has 0 aliphatic rings. The Bertz CT molecular complexity index is 280. The van der Waals surface area contributed by atoms with Gasteiger partial charge in [-0.25, -0.2) is 4.79 Å². The summed E-state index contributed by atoms with van der Waals surface area (Å²) in [7, 11) is 2.92. The quantitative estimate of drug-likeness (QED) is 0.379. The van der Waals surface area contributed by atoms with E-state index in [1.807, 2.05) is 0 Å². The van der Waals surface area contributed by atoms with Crippen molar-refractivity contribution in [2.24, 2.45) is 0 Å². The number of nitrogens with one attached hydrogen (secondary N) is 2. The standard InChI is InChI=1S/C10H18N2O5/c1-11-5-3-4-8(13)12-7(10(15)16)6-9(14)17-2/h7,11H,3-6H2,1-2H3,(H,12,13)(H,15,16)/t7-/m0/s1. The summed E-state index contributed by atoms with van der Waals surface area (Å²) in [5.41, 5.74) is 0. The Hall–Kier alpha value is -1.63. The fraction of sp³-hybridized carbons (Fsp3) is 0.700. The average molecular weight is 246 g/mol. The molecule has 0 aliphatic carbocycles. The van der Waals surface area contributed by atoms with Crippen molar-refractivity contribution in [2.75, 3.05) is 20.7 Å². The van der Waals surface area contributed by atoms with E-state index in [1.54, 1.807) is 7.05 Å². The first-order chi connectivity index (χ1) is 8.01. The lowest BCUT2D eigenvalue weighted by Gasteiger charge is -2.13. The fourth-order valence-electron chi connectivity index (χ4n) is 1.14. The normalized spacial score (nSPS) is 11.6. The van der Waals surface area contributed by atoms with Crippen LogP contribution in [-0.4, -0.2) is 49.7 Å². The first-order valence-corrected chi connectivity index (χ1v) is 5.24. The third-order valence-electron chi connectivity index (χ3n) is 2.06. The van der Waals surface area contributed by atoms with Crippen molar-refractivity contribution in [3.05, 3.63) is 0 Å². The molecule has 0 saturated heterocycles. The lowest BCUT2D eigenvalue weighted by molar-refractivity contribution is -0.148. The van der Waals surface area contributed by atoms with Gasteiger partial charge in [0, 0.05) is 6.42 Å². The molecule has 7 heteroatoms. The van der Waals surface area contributed by atoms with E-state index >= 15 is 0 Å². The first-order valence-electron chi connectivity index (χ1n) is 5.24. The number of carbonyl (C=O) groups excluding carboxylic acids is 2. The number of hydrogen-bond acceptors (Lipinski definition) is 5. The zero-order chi connectivity index (χ0) is 13.3. The third kappa shape index (κ3) is 7.29. The Balaban J connectivity index is 4.11. The molecule has 0 radical (unpaired) electrons. The minimum Gasteiger partial charge on any atom is -0.480 e. The summed E-state index contributed by atoms with van der Waals surface area (Å²) in [6, 6.07) is -1.23. The van der Waals surface area contributed by atoms with Crippen molar-refractivity contribution in [3.63, 3.8) is 0 Å². The molecule has 0 aromatic heterocycles. The van der Waals surface area contributed by atoms with Crippen LogP contribution in [0.4, 0.5) is 0 Å². The van der Waals surface area contributed by atoms with Crippen LogP contribution in [0.2, 0.25) is 0 Å². The molecular weight excluding hydrogens is 228 g/mol. The molecule has 0 aromatic carbocycles. The highest BCUT2D eigenvalue weighted by atomic mass is 16.5. The average Bonchev–Trinajstić information content (AvgIpc) is 2.28. The van der Waals surface area contributed by atoms with E-state index in [-0.39, 0.29) is 12.8 Å². The number of carboxylic acid groups (broad SMARTS) is 1. The van der Waals surface area contributed by atoms with Crippen LogP contribution in [0.1, 0.15) is 19.3 Å². The van der Waals surface area contributed by atoms with E-state index in [9.17, 15) is 14.4 Å². The summed E-state index contributed by atoms with van der Waals surface area (Å²) in [6.07, 6.45) is 0.447. The molecule has 1 atom stereocenters. The maximum Gasteiger partial charge on any atom is 0.326 e. The summed E-state index contributed by atoms with van der Waals surface area (Å²) in [4.78, 5) is 33.1. The van der Waals surface area contributed by atoms with Crippen molar-refractivity contribution in [1.29, 1.82) is 0 Å². The zero-order valence-electron chi connectivity index (χ0n) is 9.99. The van der Waals surface area contributed by atoms with E-state index in [4.69, 9.17) is 5.11 Å². The summed E-state index contributed by atoms with van der Waals surface area (Å²) >= 11 is 0. The molecule has 3 N–H and O–H groups in total. The smallest absolute Gasteiger partial charge is 0.326 e. The van der Waals surface area contributed by atoms with Gasteiger partial charge in [0.15, 0.2) is 0 Å². The van der Waals surface area contributed by atoms with Crippen LogP contribution in [0.3, 0.4) is 0 Å². The molecular formula is C10H18N2O5. The fourth-order valence-corrected chi connectivity index (χ4v) is 1.14. The van der Waals surface area contributed by atoms with E-state index in [2.05, 4.69) is 15.4 Å². The van der Waals surface area contributed by atoms with Crippen LogP contribution in [0, 0.1) is 0 Å². The first kappa shape index (κ1) is 15.4. The van der Waals surface area contributed by atoms with Crippen LogP contribution in [0.25, 0.3) is 0 Å². The molecule has 0 saturated carbocycles. The van der Waals surface area contributed by atoms with Crippen LogP contribution in [-0.2, 0) is 19.1 Å². The van der Waals surface area contributed by atoms with Gasteiger partial charge < -0.3 is 20.5 Å². The molecule has 0 heterocycles. The predicted molar refractivity (Wildman–Crippen MR) is 59.4 cm³/mol. The van der Waals surface area contributed by atoms with Crippen molar-refractivity contribution < 1.29 is 24.2 Å². The molecule has 0 spiro atoms. The van der Waals surface area contributed by atoms with Gasteiger partial charge >= 0.3 is 11.9 Å². The van der Waals surface area contributed by atoms with Crippen LogP contribution >= 0.6 is 0 Å². The van der Waals surface area contributed by atoms with Gasteiger partial charge in [0.05, 0.1) is 13.5 Å². The highest BCUT2D eigenvalue weighted by Gasteiger charge is 2.23. The van der Waals surface area contributed by atoms with Gasteiger partial charge in [0.2, 0.25) is 5.91 Å². The number of aliphatic carboxylic acids is 1. The predicted octanol–water partition coefficient (Wildman–Crippen LogP) is -0.881. The molecule has 0 aliphatic heterocycles. The van der Waals surface area contributed by atoms with Gasteiger partial charge in [-0.15, -0.1) is 0 Å². The second-order valence-corrected chi connectivity index (χ2v) is 3.45. The molecule has 17 heavy (non-hydrogen) atoms. The van der Waals surface area contributed by atoms with E-state index in [0.29, 0.717) is 13.0 Å². The number of amides is 1. The molecule has 0 fully saturated rings. The number of ether oxygens (including phenoxy) is 1. The Morgan fingerprint density at radius 3 is 2.47 bits per heavy atom. The highest BCUT2D eigenvalue weighted by molar-refractivity contribution is 5.87. The molecule has 0 unspecified atom stereocenters. The molecule has 98 valence electrons. The van der Waals surface area contributed by atoms with Crippen molar-refractivity contribution >= 4 is 17.8 Å². The zero-order valence-corrected chi connectivity index (χ0v) is 9.99. The maximum atomic E-state index is 11.3. The van der Waals surface area contributed by atoms with Crippen molar-refractivity contribution in [2.45, 2.75) is 25.3 Å². The summed E-state index contributed by atoms with van der Waals surface area (Å²) < 4.78 is 4.35. The van der Waals surface area contributed by atoms with Crippen LogP contribution in [0.5, 0.6) is 0 Å². The Morgan fingerprint density at radius 1 is 1.35 bits per heavy atom. The van der Waals surface area contributed by atoms with Crippen molar-refractivity contribution in [1.82, 2.24) is 10.6 Å². The number of methoxy groups -OCH3 is 1. The maximum absolute atomic E-state index is 11.3. The van der Waals surface area contributed by atoms with Gasteiger partial charge in [-0.05, 0) is 20.0 Å². The summed E-state index contributed by atoms with van der Waals surface area (Å²) in [6.45, 7) is 0.669. The monoisotopic (exact) mass is 246 g/mol. The van der Waals surface area contributed by atoms with E-state index in [1.165, 1.54) is 0 Å². The van der Waals surface area contributed by atoms with Gasteiger partial charge in [0.1, 0.15) is 6.04 Å². The lowest BCUT2D eigenvalue weighted by atomic mass is 10.2. The van der Waals surface area contributed by atoms with E-state index < -0.39 is 23.9 Å². The Labute approximate surface area is 99.5 Å². The highest BCUT2D eigenvalue weighted by Crippen LogP contribution is 1.97. The van der Waals surface area contributed by atoms with Gasteiger partial charge in [0.25, 0.3) is 0 Å². The lowest BCUT2D eigenvalue weighted by Crippen LogP contribution is -2.42. The van der Waals surface area contributed by atoms with Crippen LogP contribution < -0.4 is 10.6 Å². The minimum atomic E-state index is -1.25. The molecule has 0 aromatic rings. The third-order valence-corrected chi connectivity index (χ3v) is 2.06. The summed E-state index contributed by atoms with van der Waals surface area (Å²) in [5, 5.41) is 13.9. The van der Waals surface area contributed by atoms with Crippen molar-refractivity contribution in [3.8, 4) is 0 Å². The number of carbonyl (C=O) groups is 3. The molecule has 0 bridgehead atoms. The Morgan fingerprint density at radius 2 is 2.00 bits per heavy atom. The second-order valence-electron chi connectivity index (χ2n) is 3.45. The second kappa shape index (κ2) is 8.51. The summed E-state index contributed by atoms with van der Waals surface area (Å²) in [5.74, 6) is -2.32. The SMILES string of the molecule is CNCCCC(=O)N[C@@H](CC(=O)OC)C(=O)O. The Kier molecular flexibility index (Phi) is 7.70.